The maximum atomic E-state index is 8.53. The van der Waals surface area contributed by atoms with Gasteiger partial charge in [-0.1, -0.05) is 10.3 Å². The second-order valence-electron chi connectivity index (χ2n) is 5.27. The van der Waals surface area contributed by atoms with E-state index in [1.165, 1.54) is 12.4 Å². The van der Waals surface area contributed by atoms with Gasteiger partial charge in [-0.05, 0) is 0 Å². The summed E-state index contributed by atoms with van der Waals surface area (Å²) >= 11 is 0. The average molecular weight is 314 g/mol. The van der Waals surface area contributed by atoms with Crippen LogP contribution in [-0.2, 0) is 4.74 Å². The van der Waals surface area contributed by atoms with Crippen LogP contribution in [0.3, 0.4) is 0 Å². The molecule has 118 valence electrons. The van der Waals surface area contributed by atoms with Gasteiger partial charge in [0, 0.05) is 48.2 Å². The summed E-state index contributed by atoms with van der Waals surface area (Å²) in [6.07, 6.45) is 12.2. The Morgan fingerprint density at radius 1 is 0.826 bits per heavy atom. The summed E-state index contributed by atoms with van der Waals surface area (Å²) in [5.74, 6) is 0. The minimum atomic E-state index is -0.0219. The zero-order chi connectivity index (χ0) is 16.1. The number of aromatic nitrogens is 2. The number of pyridine rings is 2. The predicted octanol–water partition coefficient (Wildman–Crippen LogP) is 1.39. The molecule has 2 aromatic rings. The highest BCUT2D eigenvalue weighted by atomic mass is 16.5. The minimum absolute atomic E-state index is 0.0219. The zero-order valence-electron chi connectivity index (χ0n) is 12.4. The van der Waals surface area contributed by atoms with Crippen LogP contribution in [0.4, 0.5) is 0 Å². The summed E-state index contributed by atoms with van der Waals surface area (Å²) < 4.78 is 10.1. The molecule has 1 fully saturated rings. The normalized spacial score (nSPS) is 21.4. The molecule has 0 aliphatic carbocycles. The van der Waals surface area contributed by atoms with E-state index in [1.807, 2.05) is 58.2 Å². The fourth-order valence-electron chi connectivity index (χ4n) is 2.63. The highest BCUT2D eigenvalue weighted by Crippen LogP contribution is 2.27. The fraction of sp³-hybridized carbons (Fsp3) is 0.250. The number of nitrogens with zero attached hydrogens (tertiary/aromatic N) is 4. The van der Waals surface area contributed by atoms with Gasteiger partial charge in [-0.25, -0.2) is 0 Å². The smallest absolute Gasteiger partial charge is 0.268 e. The Hall–Kier alpha value is -2.80. The number of rotatable bonds is 4. The largest absolute Gasteiger partial charge is 0.411 e. The molecule has 0 spiro atoms. The van der Waals surface area contributed by atoms with Crippen molar-refractivity contribution in [2.75, 3.05) is 0 Å². The zero-order valence-corrected chi connectivity index (χ0v) is 12.4. The summed E-state index contributed by atoms with van der Waals surface area (Å²) in [6.45, 7) is 0. The molecule has 0 saturated carbocycles. The van der Waals surface area contributed by atoms with Crippen molar-refractivity contribution in [3.63, 3.8) is 0 Å². The molecule has 3 heterocycles. The van der Waals surface area contributed by atoms with Crippen molar-refractivity contribution in [2.45, 2.75) is 25.3 Å². The Morgan fingerprint density at radius 3 is 1.57 bits per heavy atom. The summed E-state index contributed by atoms with van der Waals surface area (Å²) in [4.78, 5) is 0. The first kappa shape index (κ1) is 15.1. The summed E-state index contributed by atoms with van der Waals surface area (Å²) in [5, 5.41) is 23.1. The van der Waals surface area contributed by atoms with Crippen LogP contribution in [0.2, 0.25) is 0 Å². The summed E-state index contributed by atoms with van der Waals surface area (Å²) in [7, 11) is 0. The molecule has 0 bridgehead atoms. The average Bonchev–Trinajstić information content (AvgIpc) is 3.07. The molecular formula is C16H18N4O3+2. The van der Waals surface area contributed by atoms with Crippen LogP contribution in [0.5, 0.6) is 0 Å². The Morgan fingerprint density at radius 2 is 1.22 bits per heavy atom. The minimum Gasteiger partial charge on any atom is -0.411 e. The monoisotopic (exact) mass is 314 g/mol. The van der Waals surface area contributed by atoms with Crippen molar-refractivity contribution in [2.24, 2.45) is 10.3 Å². The molecule has 2 unspecified atom stereocenters. The van der Waals surface area contributed by atoms with Gasteiger partial charge >= 0.3 is 0 Å². The van der Waals surface area contributed by atoms with Gasteiger partial charge in [0.05, 0.1) is 12.4 Å². The van der Waals surface area contributed by atoms with Crippen molar-refractivity contribution in [1.82, 2.24) is 0 Å². The van der Waals surface area contributed by atoms with Gasteiger partial charge in [-0.2, -0.15) is 9.13 Å². The molecule has 2 aromatic heterocycles. The van der Waals surface area contributed by atoms with Gasteiger partial charge in [0.1, 0.15) is 0 Å². The van der Waals surface area contributed by atoms with Gasteiger partial charge in [0.2, 0.25) is 0 Å². The molecule has 7 nitrogen and oxygen atoms in total. The molecule has 7 heteroatoms. The first-order valence-corrected chi connectivity index (χ1v) is 7.32. The van der Waals surface area contributed by atoms with E-state index < -0.39 is 0 Å². The lowest BCUT2D eigenvalue weighted by atomic mass is 10.2. The van der Waals surface area contributed by atoms with Crippen molar-refractivity contribution in [1.29, 1.82) is 0 Å². The topological polar surface area (TPSA) is 82.2 Å². The molecule has 2 atom stereocenters. The van der Waals surface area contributed by atoms with Crippen LogP contribution in [0.15, 0.2) is 59.4 Å². The van der Waals surface area contributed by atoms with E-state index in [4.69, 9.17) is 15.2 Å². The number of hydrogen-bond acceptors (Lipinski definition) is 5. The van der Waals surface area contributed by atoms with E-state index in [1.54, 1.807) is 0 Å². The molecule has 0 radical (unpaired) electrons. The highest BCUT2D eigenvalue weighted by Gasteiger charge is 2.37. The Balaban J connectivity index is 1.67. The quantitative estimate of drug-likeness (QED) is 0.387. The Labute approximate surface area is 133 Å². The molecule has 1 aliphatic heterocycles. The van der Waals surface area contributed by atoms with Gasteiger partial charge in [0.15, 0.2) is 24.8 Å². The maximum Gasteiger partial charge on any atom is 0.268 e. The molecule has 0 aromatic carbocycles. The molecule has 1 saturated heterocycles. The Kier molecular flexibility index (Phi) is 4.58. The van der Waals surface area contributed by atoms with Gasteiger partial charge in [0.25, 0.3) is 12.5 Å². The third kappa shape index (κ3) is 3.51. The lowest BCUT2D eigenvalue weighted by molar-refractivity contribution is -0.809. The maximum absolute atomic E-state index is 8.53. The molecule has 3 rings (SSSR count). The van der Waals surface area contributed by atoms with E-state index in [0.717, 1.165) is 24.0 Å². The third-order valence-electron chi connectivity index (χ3n) is 3.81. The van der Waals surface area contributed by atoms with Crippen LogP contribution in [-0.4, -0.2) is 22.8 Å². The molecular weight excluding hydrogens is 296 g/mol. The van der Waals surface area contributed by atoms with Crippen LogP contribution in [0, 0.1) is 0 Å². The van der Waals surface area contributed by atoms with Crippen molar-refractivity contribution >= 4 is 12.4 Å². The molecule has 2 N–H and O–H groups in total. The van der Waals surface area contributed by atoms with E-state index in [9.17, 15) is 0 Å². The number of hydrogen-bond donors (Lipinski definition) is 2. The van der Waals surface area contributed by atoms with Crippen molar-refractivity contribution < 1.29 is 24.3 Å². The van der Waals surface area contributed by atoms with Crippen LogP contribution < -0.4 is 9.13 Å². The first-order valence-electron chi connectivity index (χ1n) is 7.32. The van der Waals surface area contributed by atoms with Gasteiger partial charge in [-0.15, -0.1) is 0 Å². The van der Waals surface area contributed by atoms with E-state index >= 15 is 0 Å². The molecule has 23 heavy (non-hydrogen) atoms. The predicted molar refractivity (Wildman–Crippen MR) is 80.4 cm³/mol. The van der Waals surface area contributed by atoms with Crippen molar-refractivity contribution in [3.05, 3.63) is 60.2 Å². The lowest BCUT2D eigenvalue weighted by Crippen LogP contribution is -2.42. The summed E-state index contributed by atoms with van der Waals surface area (Å²) in [6, 6.07) is 7.47. The van der Waals surface area contributed by atoms with Gasteiger partial charge < -0.3 is 10.4 Å². The third-order valence-corrected chi connectivity index (χ3v) is 3.81. The second-order valence-corrected chi connectivity index (χ2v) is 5.27. The van der Waals surface area contributed by atoms with Crippen molar-refractivity contribution in [3.8, 4) is 0 Å². The van der Waals surface area contributed by atoms with E-state index in [0.29, 0.717) is 0 Å². The van der Waals surface area contributed by atoms with E-state index in [2.05, 4.69) is 10.3 Å². The van der Waals surface area contributed by atoms with Gasteiger partial charge in [-0.3, -0.25) is 4.74 Å². The second kappa shape index (κ2) is 6.97. The van der Waals surface area contributed by atoms with Crippen LogP contribution in [0.25, 0.3) is 0 Å². The molecule has 0 amide bonds. The highest BCUT2D eigenvalue weighted by molar-refractivity contribution is 5.78. The SMILES string of the molecule is O/N=C\c1cc[n+](C2CCC([n+]3ccc(/C=N\O)cc3)O2)cc1. The van der Waals surface area contributed by atoms with Crippen LogP contribution >= 0.6 is 0 Å². The standard InChI is InChI=1S/C16H16N4O3/c21-17-11-13-3-7-19(8-4-13)15-1-2-16(23-15)20-9-5-14(6-10-20)12-18-22/h3-12,15-16H,1-2H2/p+2. The first-order chi connectivity index (χ1) is 11.3. The Bertz CT molecular complexity index is 637. The molecule has 1 aliphatic rings. The van der Waals surface area contributed by atoms with E-state index in [-0.39, 0.29) is 12.5 Å². The number of ether oxygens (including phenoxy) is 1. The fourth-order valence-corrected chi connectivity index (χ4v) is 2.63. The lowest BCUT2D eigenvalue weighted by Gasteiger charge is -2.07. The summed E-state index contributed by atoms with van der Waals surface area (Å²) in [5.41, 5.74) is 1.66. The number of oxime groups is 2. The van der Waals surface area contributed by atoms with Crippen LogP contribution in [0.1, 0.15) is 36.4 Å².